The maximum absolute atomic E-state index is 11.2. The predicted molar refractivity (Wildman–Crippen MR) is 76.5 cm³/mol. The van der Waals surface area contributed by atoms with Gasteiger partial charge in [0.25, 0.3) is 0 Å². The molecule has 2 rings (SSSR count). The minimum Gasteiger partial charge on any atom is -0.426 e. The summed E-state index contributed by atoms with van der Waals surface area (Å²) < 4.78 is 5.29. The van der Waals surface area contributed by atoms with Crippen LogP contribution < -0.4 is 10.1 Å². The molecule has 0 aromatic heterocycles. The molecule has 1 aliphatic carbocycles. The van der Waals surface area contributed by atoms with Crippen molar-refractivity contribution in [3.8, 4) is 5.75 Å². The van der Waals surface area contributed by atoms with Crippen LogP contribution in [0.25, 0.3) is 0 Å². The molecule has 0 radical (unpaired) electrons. The van der Waals surface area contributed by atoms with Crippen molar-refractivity contribution < 1.29 is 14.3 Å². The van der Waals surface area contributed by atoms with Gasteiger partial charge in [-0.05, 0) is 30.4 Å². The lowest BCUT2D eigenvalue weighted by Crippen LogP contribution is -2.20. The van der Waals surface area contributed by atoms with Crippen molar-refractivity contribution in [1.29, 1.82) is 0 Å². The maximum Gasteiger partial charge on any atom is 0.308 e. The standard InChI is InChI=1S/C16H21NO3/c1-11(18)17-10-15-8-7-14(13-5-3-4-6-13)9-16(15)20-12(2)19/h7-9,13H,3-6,10H2,1-2H3,(H,17,18). The van der Waals surface area contributed by atoms with Crippen molar-refractivity contribution in [2.24, 2.45) is 0 Å². The van der Waals surface area contributed by atoms with Gasteiger partial charge in [0.15, 0.2) is 0 Å². The monoisotopic (exact) mass is 275 g/mol. The van der Waals surface area contributed by atoms with Gasteiger partial charge in [-0.2, -0.15) is 0 Å². The molecule has 1 aromatic rings. The molecule has 1 aliphatic rings. The highest BCUT2D eigenvalue weighted by molar-refractivity contribution is 5.73. The largest absolute Gasteiger partial charge is 0.426 e. The summed E-state index contributed by atoms with van der Waals surface area (Å²) in [6.45, 7) is 3.24. The summed E-state index contributed by atoms with van der Waals surface area (Å²) in [5, 5.41) is 2.73. The van der Waals surface area contributed by atoms with Gasteiger partial charge in [-0.25, -0.2) is 0 Å². The second-order valence-corrected chi connectivity index (χ2v) is 5.35. The number of ether oxygens (including phenoxy) is 1. The van der Waals surface area contributed by atoms with Crippen molar-refractivity contribution in [2.75, 3.05) is 0 Å². The van der Waals surface area contributed by atoms with Gasteiger partial charge in [-0.1, -0.05) is 25.0 Å². The molecular formula is C16H21NO3. The summed E-state index contributed by atoms with van der Waals surface area (Å²) in [6.07, 6.45) is 4.93. The zero-order valence-electron chi connectivity index (χ0n) is 12.1. The van der Waals surface area contributed by atoms with Crippen LogP contribution in [0.2, 0.25) is 0 Å². The van der Waals surface area contributed by atoms with Crippen LogP contribution in [0.15, 0.2) is 18.2 Å². The summed E-state index contributed by atoms with van der Waals surface area (Å²) in [6, 6.07) is 5.98. The number of amides is 1. The summed E-state index contributed by atoms with van der Waals surface area (Å²) in [4.78, 5) is 22.2. The fourth-order valence-electron chi connectivity index (χ4n) is 2.70. The van der Waals surface area contributed by atoms with E-state index in [9.17, 15) is 9.59 Å². The normalized spacial score (nSPS) is 15.1. The fourth-order valence-corrected chi connectivity index (χ4v) is 2.70. The quantitative estimate of drug-likeness (QED) is 0.679. The van der Waals surface area contributed by atoms with Crippen LogP contribution in [0, 0.1) is 0 Å². The molecule has 108 valence electrons. The first-order valence-corrected chi connectivity index (χ1v) is 7.12. The third kappa shape index (κ3) is 3.83. The van der Waals surface area contributed by atoms with E-state index in [-0.39, 0.29) is 11.9 Å². The van der Waals surface area contributed by atoms with E-state index in [1.807, 2.05) is 12.1 Å². The fraction of sp³-hybridized carbons (Fsp3) is 0.500. The lowest BCUT2D eigenvalue weighted by Gasteiger charge is -2.15. The Morgan fingerprint density at radius 3 is 2.55 bits per heavy atom. The molecule has 0 bridgehead atoms. The number of carbonyl (C=O) groups excluding carboxylic acids is 2. The van der Waals surface area contributed by atoms with Crippen LogP contribution in [0.4, 0.5) is 0 Å². The first kappa shape index (κ1) is 14.6. The zero-order valence-corrected chi connectivity index (χ0v) is 12.1. The Balaban J connectivity index is 2.21. The summed E-state index contributed by atoms with van der Waals surface area (Å²) in [7, 11) is 0. The lowest BCUT2D eigenvalue weighted by molar-refractivity contribution is -0.131. The number of esters is 1. The van der Waals surface area contributed by atoms with Crippen LogP contribution in [0.3, 0.4) is 0 Å². The first-order chi connectivity index (χ1) is 9.56. The minimum atomic E-state index is -0.336. The summed E-state index contributed by atoms with van der Waals surface area (Å²) >= 11 is 0. The Bertz CT molecular complexity index is 504. The van der Waals surface area contributed by atoms with Crippen LogP contribution in [-0.4, -0.2) is 11.9 Å². The molecule has 0 unspecified atom stereocenters. The molecule has 0 atom stereocenters. The van der Waals surface area contributed by atoms with Crippen molar-refractivity contribution in [1.82, 2.24) is 5.32 Å². The SMILES string of the molecule is CC(=O)NCc1ccc(C2CCCC2)cc1OC(C)=O. The topological polar surface area (TPSA) is 55.4 Å². The van der Waals surface area contributed by atoms with Crippen LogP contribution in [0.1, 0.15) is 56.6 Å². The van der Waals surface area contributed by atoms with E-state index in [0.29, 0.717) is 18.2 Å². The molecule has 1 amide bonds. The molecule has 0 saturated heterocycles. The molecule has 1 aromatic carbocycles. The van der Waals surface area contributed by atoms with Crippen molar-refractivity contribution in [3.63, 3.8) is 0 Å². The molecule has 0 spiro atoms. The molecule has 4 heteroatoms. The molecule has 1 saturated carbocycles. The van der Waals surface area contributed by atoms with Crippen LogP contribution in [0.5, 0.6) is 5.75 Å². The van der Waals surface area contributed by atoms with Gasteiger partial charge in [-0.15, -0.1) is 0 Å². The van der Waals surface area contributed by atoms with E-state index in [2.05, 4.69) is 11.4 Å². The van der Waals surface area contributed by atoms with E-state index < -0.39 is 0 Å². The Morgan fingerprint density at radius 1 is 1.25 bits per heavy atom. The average molecular weight is 275 g/mol. The first-order valence-electron chi connectivity index (χ1n) is 7.12. The molecule has 1 N–H and O–H groups in total. The molecule has 4 nitrogen and oxygen atoms in total. The second kappa shape index (κ2) is 6.55. The third-order valence-electron chi connectivity index (χ3n) is 3.70. The highest BCUT2D eigenvalue weighted by Crippen LogP contribution is 2.36. The van der Waals surface area contributed by atoms with Gasteiger partial charge in [0.1, 0.15) is 5.75 Å². The molecule has 1 fully saturated rings. The average Bonchev–Trinajstić information content (AvgIpc) is 2.90. The second-order valence-electron chi connectivity index (χ2n) is 5.35. The Morgan fingerprint density at radius 2 is 1.95 bits per heavy atom. The van der Waals surface area contributed by atoms with Crippen molar-refractivity contribution in [3.05, 3.63) is 29.3 Å². The van der Waals surface area contributed by atoms with E-state index in [4.69, 9.17) is 4.74 Å². The number of nitrogens with one attached hydrogen (secondary N) is 1. The zero-order chi connectivity index (χ0) is 14.5. The van der Waals surface area contributed by atoms with E-state index in [1.165, 1.54) is 45.1 Å². The van der Waals surface area contributed by atoms with Gasteiger partial charge < -0.3 is 10.1 Å². The third-order valence-corrected chi connectivity index (χ3v) is 3.70. The number of benzene rings is 1. The Kier molecular flexibility index (Phi) is 4.77. The van der Waals surface area contributed by atoms with Crippen molar-refractivity contribution in [2.45, 2.75) is 52.0 Å². The van der Waals surface area contributed by atoms with Crippen LogP contribution >= 0.6 is 0 Å². The summed E-state index contributed by atoms with van der Waals surface area (Å²) in [5.41, 5.74) is 2.06. The Hall–Kier alpha value is -1.84. The minimum absolute atomic E-state index is 0.0985. The van der Waals surface area contributed by atoms with Gasteiger partial charge in [0, 0.05) is 26.0 Å². The smallest absolute Gasteiger partial charge is 0.308 e. The molecule has 0 aliphatic heterocycles. The van der Waals surface area contributed by atoms with Gasteiger partial charge >= 0.3 is 5.97 Å². The number of rotatable bonds is 4. The highest BCUT2D eigenvalue weighted by atomic mass is 16.5. The highest BCUT2D eigenvalue weighted by Gasteiger charge is 2.19. The van der Waals surface area contributed by atoms with Crippen molar-refractivity contribution >= 4 is 11.9 Å². The van der Waals surface area contributed by atoms with E-state index >= 15 is 0 Å². The maximum atomic E-state index is 11.2. The molecule has 20 heavy (non-hydrogen) atoms. The molecule has 0 heterocycles. The number of hydrogen-bond donors (Lipinski definition) is 1. The van der Waals surface area contributed by atoms with Gasteiger partial charge in [0.2, 0.25) is 5.91 Å². The Labute approximate surface area is 119 Å². The van der Waals surface area contributed by atoms with E-state index in [1.54, 1.807) is 0 Å². The predicted octanol–water partition coefficient (Wildman–Crippen LogP) is 2.91. The molecular weight excluding hydrogens is 254 g/mol. The lowest BCUT2D eigenvalue weighted by atomic mass is 9.96. The van der Waals surface area contributed by atoms with Crippen LogP contribution in [-0.2, 0) is 16.1 Å². The van der Waals surface area contributed by atoms with Gasteiger partial charge in [-0.3, -0.25) is 9.59 Å². The number of carbonyl (C=O) groups is 2. The number of hydrogen-bond acceptors (Lipinski definition) is 3. The van der Waals surface area contributed by atoms with Gasteiger partial charge in [0.05, 0.1) is 0 Å². The summed E-state index contributed by atoms with van der Waals surface area (Å²) in [5.74, 6) is 0.700. The van der Waals surface area contributed by atoms with E-state index in [0.717, 1.165) is 5.56 Å².